The van der Waals surface area contributed by atoms with E-state index in [1.165, 1.54) is 0 Å². The lowest BCUT2D eigenvalue weighted by atomic mass is 9.97. The van der Waals surface area contributed by atoms with Crippen molar-refractivity contribution in [3.05, 3.63) is 46.8 Å². The first-order chi connectivity index (χ1) is 10.1. The molecule has 0 fully saturated rings. The first-order valence-corrected chi connectivity index (χ1v) is 7.24. The van der Waals surface area contributed by atoms with Gasteiger partial charge in [-0.2, -0.15) is 0 Å². The highest BCUT2D eigenvalue weighted by Crippen LogP contribution is 2.34. The monoisotopic (exact) mass is 288 g/mol. The van der Waals surface area contributed by atoms with Gasteiger partial charge < -0.3 is 9.47 Å². The SMILES string of the molecule is C/C=C(/C)C(=O)OC(/C=C1\OC(=O)C2=C1CCC=C2)CC. The first-order valence-electron chi connectivity index (χ1n) is 7.24. The lowest BCUT2D eigenvalue weighted by molar-refractivity contribution is -0.142. The smallest absolute Gasteiger partial charge is 0.343 e. The van der Waals surface area contributed by atoms with Gasteiger partial charge in [-0.05, 0) is 39.2 Å². The highest BCUT2D eigenvalue weighted by atomic mass is 16.6. The summed E-state index contributed by atoms with van der Waals surface area (Å²) in [5.41, 5.74) is 2.11. The third-order valence-electron chi connectivity index (χ3n) is 3.64. The summed E-state index contributed by atoms with van der Waals surface area (Å²) in [5.74, 6) is -0.126. The summed E-state index contributed by atoms with van der Waals surface area (Å²) >= 11 is 0. The quantitative estimate of drug-likeness (QED) is 0.588. The molecule has 1 heterocycles. The van der Waals surface area contributed by atoms with Crippen LogP contribution in [0.1, 0.15) is 40.0 Å². The molecule has 0 saturated heterocycles. The number of cyclic esters (lactones) is 1. The van der Waals surface area contributed by atoms with Crippen LogP contribution in [0.25, 0.3) is 0 Å². The van der Waals surface area contributed by atoms with Crippen LogP contribution in [0, 0.1) is 0 Å². The fourth-order valence-corrected chi connectivity index (χ4v) is 2.21. The van der Waals surface area contributed by atoms with Crippen LogP contribution in [0.3, 0.4) is 0 Å². The average molecular weight is 288 g/mol. The van der Waals surface area contributed by atoms with Crippen molar-refractivity contribution < 1.29 is 19.1 Å². The van der Waals surface area contributed by atoms with E-state index in [0.717, 1.165) is 18.4 Å². The standard InChI is InChI=1S/C17H20O4/c1-4-11(3)16(18)20-12(5-2)10-15-13-8-6-7-9-14(13)17(19)21-15/h4,7,9-10,12H,5-6,8H2,1-3H3/b11-4-,15-10-. The van der Waals surface area contributed by atoms with Crippen LogP contribution in [0.5, 0.6) is 0 Å². The van der Waals surface area contributed by atoms with E-state index in [1.807, 2.05) is 13.0 Å². The van der Waals surface area contributed by atoms with Crippen LogP contribution in [0.2, 0.25) is 0 Å². The maximum absolute atomic E-state index is 11.8. The Kier molecular flexibility index (Phi) is 4.78. The largest absolute Gasteiger partial charge is 0.455 e. The Labute approximate surface area is 124 Å². The number of rotatable bonds is 4. The van der Waals surface area contributed by atoms with Gasteiger partial charge in [0.05, 0.1) is 5.57 Å². The number of hydrogen-bond donors (Lipinski definition) is 0. The third-order valence-corrected chi connectivity index (χ3v) is 3.64. The summed E-state index contributed by atoms with van der Waals surface area (Å²) in [5, 5.41) is 0. The van der Waals surface area contributed by atoms with Crippen LogP contribution < -0.4 is 0 Å². The van der Waals surface area contributed by atoms with Gasteiger partial charge in [-0.1, -0.05) is 25.2 Å². The van der Waals surface area contributed by atoms with Crippen LogP contribution >= 0.6 is 0 Å². The van der Waals surface area contributed by atoms with Crippen molar-refractivity contribution in [1.29, 1.82) is 0 Å². The number of carbonyl (C=O) groups is 2. The Bertz CT molecular complexity index is 576. The Hall–Kier alpha value is -2.10. The number of esters is 2. The van der Waals surface area contributed by atoms with Crippen molar-refractivity contribution in [2.75, 3.05) is 0 Å². The van der Waals surface area contributed by atoms with Gasteiger partial charge in [0.1, 0.15) is 11.9 Å². The van der Waals surface area contributed by atoms with Crippen LogP contribution in [-0.4, -0.2) is 18.0 Å². The summed E-state index contributed by atoms with van der Waals surface area (Å²) in [6, 6.07) is 0. The minimum Gasteiger partial charge on any atom is -0.455 e. The van der Waals surface area contributed by atoms with E-state index in [2.05, 4.69) is 0 Å². The van der Waals surface area contributed by atoms with Crippen molar-refractivity contribution in [2.45, 2.75) is 46.1 Å². The molecule has 1 aliphatic carbocycles. The molecule has 112 valence electrons. The van der Waals surface area contributed by atoms with Gasteiger partial charge in [0.25, 0.3) is 0 Å². The summed E-state index contributed by atoms with van der Waals surface area (Å²) in [6.45, 7) is 5.43. The number of ether oxygens (including phenoxy) is 2. The molecule has 21 heavy (non-hydrogen) atoms. The summed E-state index contributed by atoms with van der Waals surface area (Å²) in [4.78, 5) is 23.6. The van der Waals surface area contributed by atoms with Gasteiger partial charge in [-0.15, -0.1) is 0 Å². The normalized spacial score (nSPS) is 21.4. The molecule has 1 aliphatic heterocycles. The fourth-order valence-electron chi connectivity index (χ4n) is 2.21. The Morgan fingerprint density at radius 2 is 2.29 bits per heavy atom. The second-order valence-corrected chi connectivity index (χ2v) is 5.08. The molecule has 0 aromatic carbocycles. The van der Waals surface area contributed by atoms with Gasteiger partial charge in [-0.3, -0.25) is 0 Å². The molecule has 2 rings (SSSR count). The van der Waals surface area contributed by atoms with Crippen molar-refractivity contribution in [3.63, 3.8) is 0 Å². The molecule has 0 aromatic rings. The van der Waals surface area contributed by atoms with E-state index < -0.39 is 6.10 Å². The van der Waals surface area contributed by atoms with Gasteiger partial charge >= 0.3 is 11.9 Å². The van der Waals surface area contributed by atoms with Gasteiger partial charge in [0.2, 0.25) is 0 Å². The number of allylic oxidation sites excluding steroid dienone is 3. The second kappa shape index (κ2) is 6.57. The Balaban J connectivity index is 2.18. The maximum atomic E-state index is 11.8. The van der Waals surface area contributed by atoms with Crippen molar-refractivity contribution >= 4 is 11.9 Å². The molecule has 0 radical (unpaired) electrons. The van der Waals surface area contributed by atoms with E-state index in [9.17, 15) is 9.59 Å². The van der Waals surface area contributed by atoms with Crippen molar-refractivity contribution in [3.8, 4) is 0 Å². The highest BCUT2D eigenvalue weighted by Gasteiger charge is 2.30. The summed E-state index contributed by atoms with van der Waals surface area (Å²) < 4.78 is 10.7. The third kappa shape index (κ3) is 3.32. The summed E-state index contributed by atoms with van der Waals surface area (Å²) in [6.07, 6.45) is 9.12. The van der Waals surface area contributed by atoms with Crippen LogP contribution in [-0.2, 0) is 19.1 Å². The van der Waals surface area contributed by atoms with E-state index in [1.54, 1.807) is 32.1 Å². The molecule has 0 amide bonds. The van der Waals surface area contributed by atoms with E-state index in [0.29, 0.717) is 23.3 Å². The van der Waals surface area contributed by atoms with E-state index in [-0.39, 0.29) is 11.9 Å². The number of hydrogen-bond acceptors (Lipinski definition) is 4. The minimum atomic E-state index is -0.395. The highest BCUT2D eigenvalue weighted by molar-refractivity contribution is 5.97. The Morgan fingerprint density at radius 3 is 2.95 bits per heavy atom. The van der Waals surface area contributed by atoms with E-state index >= 15 is 0 Å². The molecule has 1 unspecified atom stereocenters. The van der Waals surface area contributed by atoms with Gasteiger partial charge in [-0.25, -0.2) is 9.59 Å². The topological polar surface area (TPSA) is 52.6 Å². The van der Waals surface area contributed by atoms with E-state index in [4.69, 9.17) is 9.47 Å². The predicted molar refractivity (Wildman–Crippen MR) is 79.2 cm³/mol. The molecule has 0 bridgehead atoms. The van der Waals surface area contributed by atoms with Crippen LogP contribution in [0.15, 0.2) is 46.8 Å². The minimum absolute atomic E-state index is 0.321. The zero-order valence-corrected chi connectivity index (χ0v) is 12.6. The zero-order chi connectivity index (χ0) is 15.4. The van der Waals surface area contributed by atoms with Gasteiger partial charge in [0.15, 0.2) is 0 Å². The fraction of sp³-hybridized carbons (Fsp3) is 0.412. The average Bonchev–Trinajstić information content (AvgIpc) is 2.82. The molecule has 4 nitrogen and oxygen atoms in total. The lowest BCUT2D eigenvalue weighted by Gasteiger charge is -2.14. The molecular formula is C17H20O4. The Morgan fingerprint density at radius 1 is 1.52 bits per heavy atom. The molecule has 2 aliphatic rings. The molecule has 1 atom stereocenters. The molecule has 0 N–H and O–H groups in total. The number of carbonyl (C=O) groups excluding carboxylic acids is 2. The first kappa shape index (κ1) is 15.3. The molecular weight excluding hydrogens is 268 g/mol. The molecule has 0 spiro atoms. The van der Waals surface area contributed by atoms with Crippen molar-refractivity contribution in [1.82, 2.24) is 0 Å². The van der Waals surface area contributed by atoms with Gasteiger partial charge in [0, 0.05) is 11.1 Å². The predicted octanol–water partition coefficient (Wildman–Crippen LogP) is 3.36. The zero-order valence-electron chi connectivity index (χ0n) is 12.6. The van der Waals surface area contributed by atoms with Crippen LogP contribution in [0.4, 0.5) is 0 Å². The molecule has 0 saturated carbocycles. The molecule has 4 heteroatoms. The molecule has 0 aromatic heterocycles. The van der Waals surface area contributed by atoms with Crippen molar-refractivity contribution in [2.24, 2.45) is 0 Å². The second-order valence-electron chi connectivity index (χ2n) is 5.08. The lowest BCUT2D eigenvalue weighted by Crippen LogP contribution is -2.17. The summed E-state index contributed by atoms with van der Waals surface area (Å²) in [7, 11) is 0. The maximum Gasteiger partial charge on any atom is 0.343 e.